The molecule has 1 rings (SSSR count). The van der Waals surface area contributed by atoms with E-state index in [-0.39, 0.29) is 11.3 Å². The van der Waals surface area contributed by atoms with Crippen molar-refractivity contribution in [1.82, 2.24) is 4.90 Å². The molecule has 0 aromatic carbocycles. The average molecular weight is 240 g/mol. The lowest BCUT2D eigenvalue weighted by atomic mass is 10.4. The third-order valence-electron chi connectivity index (χ3n) is 2.43. The molecule has 0 radical (unpaired) electrons. The zero-order chi connectivity index (χ0) is 10.9. The van der Waals surface area contributed by atoms with Gasteiger partial charge in [0, 0.05) is 19.3 Å². The number of amides is 1. The van der Waals surface area contributed by atoms with Crippen molar-refractivity contribution in [2.24, 2.45) is 0 Å². The van der Waals surface area contributed by atoms with Crippen LogP contribution >= 0.6 is 11.6 Å². The SMILES string of the molecule is CC(C(=O)N1CCC(Cl)C1)S(C)(=O)=O. The van der Waals surface area contributed by atoms with Crippen LogP contribution in [0.5, 0.6) is 0 Å². The topological polar surface area (TPSA) is 54.5 Å². The van der Waals surface area contributed by atoms with Crippen LogP contribution in [0.25, 0.3) is 0 Å². The minimum Gasteiger partial charge on any atom is -0.340 e. The van der Waals surface area contributed by atoms with Crippen molar-refractivity contribution in [3.8, 4) is 0 Å². The third kappa shape index (κ3) is 2.60. The van der Waals surface area contributed by atoms with E-state index < -0.39 is 15.1 Å². The lowest BCUT2D eigenvalue weighted by Crippen LogP contribution is -2.40. The molecule has 6 heteroatoms. The fourth-order valence-corrected chi connectivity index (χ4v) is 2.14. The first kappa shape index (κ1) is 11.8. The van der Waals surface area contributed by atoms with Crippen molar-refractivity contribution in [3.63, 3.8) is 0 Å². The number of hydrogen-bond donors (Lipinski definition) is 0. The normalized spacial score (nSPS) is 25.1. The Kier molecular flexibility index (Phi) is 3.42. The molecule has 0 aromatic heterocycles. The van der Waals surface area contributed by atoms with Gasteiger partial charge in [0.15, 0.2) is 9.84 Å². The van der Waals surface area contributed by atoms with Gasteiger partial charge in [-0.3, -0.25) is 4.79 Å². The summed E-state index contributed by atoms with van der Waals surface area (Å²) in [5.74, 6) is -0.337. The molecular formula is C8H14ClNO3S. The van der Waals surface area contributed by atoms with Gasteiger partial charge >= 0.3 is 0 Å². The summed E-state index contributed by atoms with van der Waals surface area (Å²) in [5.41, 5.74) is 0. The van der Waals surface area contributed by atoms with Crippen LogP contribution in [0.4, 0.5) is 0 Å². The summed E-state index contributed by atoms with van der Waals surface area (Å²) >= 11 is 5.83. The van der Waals surface area contributed by atoms with E-state index >= 15 is 0 Å². The molecule has 4 nitrogen and oxygen atoms in total. The van der Waals surface area contributed by atoms with Crippen LogP contribution in [-0.2, 0) is 14.6 Å². The van der Waals surface area contributed by atoms with Gasteiger partial charge in [0.05, 0.1) is 5.38 Å². The van der Waals surface area contributed by atoms with E-state index in [1.807, 2.05) is 0 Å². The molecule has 1 aliphatic rings. The number of nitrogens with zero attached hydrogens (tertiary/aromatic N) is 1. The lowest BCUT2D eigenvalue weighted by molar-refractivity contribution is -0.129. The van der Waals surface area contributed by atoms with E-state index in [9.17, 15) is 13.2 Å². The molecule has 0 aliphatic carbocycles. The molecule has 1 amide bonds. The van der Waals surface area contributed by atoms with E-state index in [0.717, 1.165) is 12.7 Å². The van der Waals surface area contributed by atoms with Crippen LogP contribution in [-0.4, -0.2) is 49.2 Å². The van der Waals surface area contributed by atoms with Crippen LogP contribution in [0.1, 0.15) is 13.3 Å². The molecule has 0 bridgehead atoms. The first-order valence-corrected chi connectivity index (χ1v) is 6.83. The standard InChI is InChI=1S/C8H14ClNO3S/c1-6(14(2,12)13)8(11)10-4-3-7(9)5-10/h6-7H,3-5H2,1-2H3. The Bertz CT molecular complexity index is 327. The van der Waals surface area contributed by atoms with Crippen LogP contribution in [0.2, 0.25) is 0 Å². The van der Waals surface area contributed by atoms with Gasteiger partial charge in [-0.1, -0.05) is 0 Å². The summed E-state index contributed by atoms with van der Waals surface area (Å²) in [6, 6.07) is 0. The number of carbonyl (C=O) groups is 1. The lowest BCUT2D eigenvalue weighted by Gasteiger charge is -2.19. The van der Waals surface area contributed by atoms with Gasteiger partial charge in [0.1, 0.15) is 5.25 Å². The Morgan fingerprint density at radius 2 is 2.14 bits per heavy atom. The minimum atomic E-state index is -3.29. The summed E-state index contributed by atoms with van der Waals surface area (Å²) in [4.78, 5) is 13.1. The van der Waals surface area contributed by atoms with E-state index in [1.54, 1.807) is 0 Å². The second-order valence-electron chi connectivity index (χ2n) is 3.64. The molecule has 0 spiro atoms. The van der Waals surface area contributed by atoms with Crippen molar-refractivity contribution in [1.29, 1.82) is 0 Å². The third-order valence-corrected chi connectivity index (χ3v) is 4.27. The molecule has 1 fully saturated rings. The fraction of sp³-hybridized carbons (Fsp3) is 0.875. The number of halogens is 1. The molecule has 0 saturated carbocycles. The zero-order valence-electron chi connectivity index (χ0n) is 8.23. The first-order chi connectivity index (χ1) is 6.32. The Labute approximate surface area is 89.1 Å². The van der Waals surface area contributed by atoms with Crippen LogP contribution < -0.4 is 0 Å². The Morgan fingerprint density at radius 3 is 2.50 bits per heavy atom. The number of sulfone groups is 1. The number of alkyl halides is 1. The minimum absolute atomic E-state index is 0.0364. The predicted octanol–water partition coefficient (Wildman–Crippen LogP) is 0.259. The van der Waals surface area contributed by atoms with Gasteiger partial charge < -0.3 is 4.90 Å². The van der Waals surface area contributed by atoms with Crippen molar-refractivity contribution >= 4 is 27.3 Å². The maximum absolute atomic E-state index is 11.6. The van der Waals surface area contributed by atoms with E-state index in [2.05, 4.69) is 0 Å². The maximum Gasteiger partial charge on any atom is 0.240 e. The quantitative estimate of drug-likeness (QED) is 0.650. The monoisotopic (exact) mass is 239 g/mol. The smallest absolute Gasteiger partial charge is 0.240 e. The number of carbonyl (C=O) groups excluding carboxylic acids is 1. The molecule has 2 unspecified atom stereocenters. The van der Waals surface area contributed by atoms with Crippen molar-refractivity contribution in [3.05, 3.63) is 0 Å². The summed E-state index contributed by atoms with van der Waals surface area (Å²) in [6.07, 6.45) is 1.81. The summed E-state index contributed by atoms with van der Waals surface area (Å²) < 4.78 is 22.3. The molecular weight excluding hydrogens is 226 g/mol. The molecule has 82 valence electrons. The van der Waals surface area contributed by atoms with Gasteiger partial charge in [-0.15, -0.1) is 11.6 Å². The Hall–Kier alpha value is -0.290. The van der Waals surface area contributed by atoms with Crippen molar-refractivity contribution in [2.45, 2.75) is 24.0 Å². The summed E-state index contributed by atoms with van der Waals surface area (Å²) in [5, 5.41) is -0.991. The van der Waals surface area contributed by atoms with Gasteiger partial charge in [-0.2, -0.15) is 0 Å². The van der Waals surface area contributed by atoms with Crippen LogP contribution in [0.3, 0.4) is 0 Å². The number of rotatable bonds is 2. The molecule has 1 saturated heterocycles. The zero-order valence-corrected chi connectivity index (χ0v) is 9.81. The first-order valence-electron chi connectivity index (χ1n) is 4.44. The highest BCUT2D eigenvalue weighted by atomic mass is 35.5. The Morgan fingerprint density at radius 1 is 1.57 bits per heavy atom. The molecule has 0 N–H and O–H groups in total. The molecule has 1 aliphatic heterocycles. The van der Waals surface area contributed by atoms with Gasteiger partial charge in [-0.25, -0.2) is 8.42 Å². The highest BCUT2D eigenvalue weighted by Crippen LogP contribution is 2.16. The largest absolute Gasteiger partial charge is 0.340 e. The second kappa shape index (κ2) is 4.06. The van der Waals surface area contributed by atoms with Crippen LogP contribution in [0.15, 0.2) is 0 Å². The molecule has 0 aromatic rings. The highest BCUT2D eigenvalue weighted by molar-refractivity contribution is 7.92. The molecule has 1 heterocycles. The van der Waals surface area contributed by atoms with E-state index in [4.69, 9.17) is 11.6 Å². The predicted molar refractivity (Wildman–Crippen MR) is 55.1 cm³/mol. The average Bonchev–Trinajstić information content (AvgIpc) is 2.47. The van der Waals surface area contributed by atoms with Gasteiger partial charge in [-0.05, 0) is 13.3 Å². The Balaban J connectivity index is 2.67. The van der Waals surface area contributed by atoms with Crippen molar-refractivity contribution in [2.75, 3.05) is 19.3 Å². The highest BCUT2D eigenvalue weighted by Gasteiger charge is 2.32. The molecule has 14 heavy (non-hydrogen) atoms. The van der Waals surface area contributed by atoms with E-state index in [1.165, 1.54) is 11.8 Å². The second-order valence-corrected chi connectivity index (χ2v) is 6.63. The fourth-order valence-electron chi connectivity index (χ4n) is 1.36. The molecule has 2 atom stereocenters. The van der Waals surface area contributed by atoms with Crippen molar-refractivity contribution < 1.29 is 13.2 Å². The van der Waals surface area contributed by atoms with Gasteiger partial charge in [0.2, 0.25) is 5.91 Å². The van der Waals surface area contributed by atoms with E-state index in [0.29, 0.717) is 13.1 Å². The summed E-state index contributed by atoms with van der Waals surface area (Å²) in [7, 11) is -3.29. The number of likely N-dealkylation sites (tertiary alicyclic amines) is 1. The van der Waals surface area contributed by atoms with Crippen LogP contribution in [0, 0.1) is 0 Å². The number of hydrogen-bond acceptors (Lipinski definition) is 3. The van der Waals surface area contributed by atoms with Gasteiger partial charge in [0.25, 0.3) is 0 Å². The summed E-state index contributed by atoms with van der Waals surface area (Å²) in [6.45, 7) is 2.44. The maximum atomic E-state index is 11.6.